The summed E-state index contributed by atoms with van der Waals surface area (Å²) in [6, 6.07) is 9.98. The van der Waals surface area contributed by atoms with Crippen molar-refractivity contribution in [2.24, 2.45) is 0 Å². The average molecular weight is 454 g/mol. The number of aromatic nitrogens is 2. The van der Waals surface area contributed by atoms with E-state index in [1.807, 2.05) is 11.0 Å². The molecule has 1 aromatic heterocycles. The highest BCUT2D eigenvalue weighted by atomic mass is 35.5. The number of amides is 1. The molecule has 29 heavy (non-hydrogen) atoms. The lowest BCUT2D eigenvalue weighted by Gasteiger charge is -2.26. The highest BCUT2D eigenvalue weighted by Gasteiger charge is 2.38. The Morgan fingerprint density at radius 2 is 2.00 bits per heavy atom. The third kappa shape index (κ3) is 4.37. The van der Waals surface area contributed by atoms with E-state index in [4.69, 9.17) is 34.8 Å². The average Bonchev–Trinajstić information content (AvgIpc) is 3.25. The van der Waals surface area contributed by atoms with Crippen LogP contribution in [0, 0.1) is 0 Å². The van der Waals surface area contributed by atoms with Crippen molar-refractivity contribution in [2.45, 2.75) is 31.7 Å². The number of benzene rings is 2. The number of hydrogen-bond donors (Lipinski definition) is 3. The molecule has 2 aromatic carbocycles. The number of aliphatic hydroxyl groups is 1. The minimum Gasteiger partial charge on any atom is -0.391 e. The lowest BCUT2D eigenvalue weighted by atomic mass is 10.1. The molecular formula is C20H19Cl3N4O2. The quantitative estimate of drug-likeness (QED) is 0.549. The van der Waals surface area contributed by atoms with E-state index in [2.05, 4.69) is 15.3 Å². The molecule has 0 bridgehead atoms. The van der Waals surface area contributed by atoms with Crippen molar-refractivity contribution < 1.29 is 9.90 Å². The zero-order valence-corrected chi connectivity index (χ0v) is 17.6. The number of carbonyl (C=O) groups excluding carboxylic acids is 1. The molecule has 1 aliphatic rings. The minimum absolute atomic E-state index is 0.217. The Morgan fingerprint density at radius 1 is 1.24 bits per heavy atom. The molecule has 0 unspecified atom stereocenters. The molecular weight excluding hydrogens is 435 g/mol. The van der Waals surface area contributed by atoms with Crippen LogP contribution in [0.2, 0.25) is 15.1 Å². The largest absolute Gasteiger partial charge is 0.391 e. The van der Waals surface area contributed by atoms with E-state index in [-0.39, 0.29) is 12.5 Å². The SMILES string of the molecule is O=C(NCc1nc2ccc(Cl)cc2[nH]1)[C@@H]1[C@@H](O)CCN1Cc1c(Cl)cccc1Cl. The third-order valence-electron chi connectivity index (χ3n) is 5.08. The topological polar surface area (TPSA) is 81.2 Å². The van der Waals surface area contributed by atoms with E-state index in [0.29, 0.717) is 40.4 Å². The van der Waals surface area contributed by atoms with Gasteiger partial charge in [-0.25, -0.2) is 4.98 Å². The summed E-state index contributed by atoms with van der Waals surface area (Å²) in [6.07, 6.45) is -0.255. The molecule has 1 aliphatic heterocycles. The molecule has 3 N–H and O–H groups in total. The molecule has 0 saturated carbocycles. The summed E-state index contributed by atoms with van der Waals surface area (Å²) in [6.45, 7) is 1.18. The minimum atomic E-state index is -0.759. The van der Waals surface area contributed by atoms with Crippen molar-refractivity contribution in [3.05, 3.63) is 62.9 Å². The molecule has 4 rings (SSSR count). The van der Waals surface area contributed by atoms with Gasteiger partial charge in [-0.3, -0.25) is 9.69 Å². The molecule has 2 atom stereocenters. The van der Waals surface area contributed by atoms with Crippen LogP contribution < -0.4 is 5.32 Å². The van der Waals surface area contributed by atoms with Crippen LogP contribution in [0.4, 0.5) is 0 Å². The van der Waals surface area contributed by atoms with Gasteiger partial charge >= 0.3 is 0 Å². The van der Waals surface area contributed by atoms with Crippen LogP contribution in [0.15, 0.2) is 36.4 Å². The molecule has 0 spiro atoms. The molecule has 152 valence electrons. The fraction of sp³-hybridized carbons (Fsp3) is 0.300. The number of fused-ring (bicyclic) bond motifs is 1. The van der Waals surface area contributed by atoms with Crippen LogP contribution in [0.1, 0.15) is 17.8 Å². The summed E-state index contributed by atoms with van der Waals surface area (Å²) in [5.41, 5.74) is 2.32. The highest BCUT2D eigenvalue weighted by molar-refractivity contribution is 6.36. The maximum Gasteiger partial charge on any atom is 0.240 e. The van der Waals surface area contributed by atoms with Gasteiger partial charge in [0.1, 0.15) is 11.9 Å². The second-order valence-corrected chi connectivity index (χ2v) is 8.29. The Bertz CT molecular complexity index is 1040. The van der Waals surface area contributed by atoms with E-state index in [1.165, 1.54) is 0 Å². The summed E-state index contributed by atoms with van der Waals surface area (Å²) in [4.78, 5) is 22.3. The predicted molar refractivity (Wildman–Crippen MR) is 114 cm³/mol. The molecule has 2 heterocycles. The van der Waals surface area contributed by atoms with Crippen LogP contribution in [0.25, 0.3) is 11.0 Å². The van der Waals surface area contributed by atoms with Gasteiger partial charge in [0.2, 0.25) is 5.91 Å². The van der Waals surface area contributed by atoms with Crippen molar-refractivity contribution in [1.82, 2.24) is 20.2 Å². The van der Waals surface area contributed by atoms with Crippen molar-refractivity contribution in [3.63, 3.8) is 0 Å². The van der Waals surface area contributed by atoms with Crippen molar-refractivity contribution in [3.8, 4) is 0 Å². The van der Waals surface area contributed by atoms with Crippen LogP contribution in [-0.4, -0.2) is 44.6 Å². The number of rotatable bonds is 5. The van der Waals surface area contributed by atoms with E-state index < -0.39 is 12.1 Å². The second-order valence-electron chi connectivity index (χ2n) is 7.03. The molecule has 0 aliphatic carbocycles. The molecule has 6 nitrogen and oxygen atoms in total. The Morgan fingerprint density at radius 3 is 2.76 bits per heavy atom. The van der Waals surface area contributed by atoms with Crippen molar-refractivity contribution >= 4 is 51.7 Å². The van der Waals surface area contributed by atoms with Gasteiger partial charge in [-0.05, 0) is 36.8 Å². The van der Waals surface area contributed by atoms with Gasteiger partial charge in [-0.1, -0.05) is 40.9 Å². The molecule has 1 fully saturated rings. The van der Waals surface area contributed by atoms with Gasteiger partial charge in [-0.2, -0.15) is 0 Å². The van der Waals surface area contributed by atoms with Crippen LogP contribution in [-0.2, 0) is 17.9 Å². The van der Waals surface area contributed by atoms with E-state index >= 15 is 0 Å². The number of halogens is 3. The number of H-pyrrole nitrogens is 1. The number of aliphatic hydroxyl groups excluding tert-OH is 1. The maximum absolute atomic E-state index is 12.8. The first-order chi connectivity index (χ1) is 13.9. The molecule has 0 radical (unpaired) electrons. The third-order valence-corrected chi connectivity index (χ3v) is 6.03. The highest BCUT2D eigenvalue weighted by Crippen LogP contribution is 2.29. The number of carbonyl (C=O) groups is 1. The summed E-state index contributed by atoms with van der Waals surface area (Å²) in [5, 5.41) is 14.9. The summed E-state index contributed by atoms with van der Waals surface area (Å²) in [5.74, 6) is 0.348. The van der Waals surface area contributed by atoms with Gasteiger partial charge in [0, 0.05) is 33.7 Å². The Labute approximate surface area is 182 Å². The number of likely N-dealkylation sites (tertiary alicyclic amines) is 1. The fourth-order valence-corrected chi connectivity index (χ4v) is 4.33. The van der Waals surface area contributed by atoms with Gasteiger partial charge in [0.15, 0.2) is 0 Å². The number of imidazole rings is 1. The summed E-state index contributed by atoms with van der Waals surface area (Å²) >= 11 is 18.5. The number of aromatic amines is 1. The number of hydrogen-bond acceptors (Lipinski definition) is 4. The van der Waals surface area contributed by atoms with E-state index in [0.717, 1.165) is 16.6 Å². The molecule has 1 saturated heterocycles. The molecule has 1 amide bonds. The summed E-state index contributed by atoms with van der Waals surface area (Å²) in [7, 11) is 0. The van der Waals surface area contributed by atoms with E-state index in [1.54, 1.807) is 30.3 Å². The Hall–Kier alpha value is -1.83. The Kier molecular flexibility index (Phi) is 5.99. The van der Waals surface area contributed by atoms with Gasteiger partial charge in [0.25, 0.3) is 0 Å². The normalized spacial score (nSPS) is 19.7. The van der Waals surface area contributed by atoms with Crippen molar-refractivity contribution in [2.75, 3.05) is 6.54 Å². The zero-order valence-electron chi connectivity index (χ0n) is 15.3. The molecule has 9 heteroatoms. The van der Waals surface area contributed by atoms with Gasteiger partial charge in [-0.15, -0.1) is 0 Å². The van der Waals surface area contributed by atoms with Crippen molar-refractivity contribution in [1.29, 1.82) is 0 Å². The Balaban J connectivity index is 1.45. The first-order valence-electron chi connectivity index (χ1n) is 9.19. The first-order valence-corrected chi connectivity index (χ1v) is 10.3. The lowest BCUT2D eigenvalue weighted by molar-refractivity contribution is -0.128. The van der Waals surface area contributed by atoms with Gasteiger partial charge < -0.3 is 15.4 Å². The van der Waals surface area contributed by atoms with E-state index in [9.17, 15) is 9.90 Å². The standard InChI is InChI=1S/C20H19Cl3N4O2/c21-11-4-5-15-16(8-11)26-18(25-15)9-24-20(29)19-17(28)6-7-27(19)10-12-13(22)2-1-3-14(12)23/h1-5,8,17,19,28H,6-7,9-10H2,(H,24,29)(H,25,26)/t17-,19-/m0/s1. The lowest BCUT2D eigenvalue weighted by Crippen LogP contribution is -2.47. The van der Waals surface area contributed by atoms with Crippen LogP contribution >= 0.6 is 34.8 Å². The maximum atomic E-state index is 12.8. The monoisotopic (exact) mass is 452 g/mol. The van der Waals surface area contributed by atoms with Crippen LogP contribution in [0.5, 0.6) is 0 Å². The van der Waals surface area contributed by atoms with Crippen LogP contribution in [0.3, 0.4) is 0 Å². The predicted octanol–water partition coefficient (Wildman–Crippen LogP) is 3.77. The summed E-state index contributed by atoms with van der Waals surface area (Å²) < 4.78 is 0. The molecule has 3 aromatic rings. The smallest absolute Gasteiger partial charge is 0.240 e. The fourth-order valence-electron chi connectivity index (χ4n) is 3.64. The zero-order chi connectivity index (χ0) is 20.5. The first kappa shape index (κ1) is 20.4. The second kappa shape index (κ2) is 8.50. The number of nitrogens with one attached hydrogen (secondary N) is 2. The van der Waals surface area contributed by atoms with Gasteiger partial charge in [0.05, 0.1) is 23.7 Å². The number of nitrogens with zero attached hydrogens (tertiary/aromatic N) is 2.